The van der Waals surface area contributed by atoms with Gasteiger partial charge in [-0.05, 0) is 17.5 Å². The zero-order valence-electron chi connectivity index (χ0n) is 9.42. The number of aryl methyl sites for hydroxylation is 1. The van der Waals surface area contributed by atoms with Crippen LogP contribution in [0.4, 0.5) is 0 Å². The van der Waals surface area contributed by atoms with Crippen molar-refractivity contribution in [1.82, 2.24) is 4.57 Å². The van der Waals surface area contributed by atoms with Crippen molar-refractivity contribution in [2.45, 2.75) is 13.5 Å². The van der Waals surface area contributed by atoms with Crippen LogP contribution in [0.1, 0.15) is 6.92 Å². The smallest absolute Gasteiger partial charge is 0.259 e. The van der Waals surface area contributed by atoms with Crippen molar-refractivity contribution in [1.29, 1.82) is 0 Å². The Bertz CT molecular complexity index is 682. The van der Waals surface area contributed by atoms with Gasteiger partial charge in [0.05, 0.1) is 11.1 Å². The molecule has 0 amide bonds. The molecule has 0 radical (unpaired) electrons. The molecule has 0 saturated heterocycles. The van der Waals surface area contributed by atoms with Crippen LogP contribution >= 0.6 is 11.3 Å². The van der Waals surface area contributed by atoms with E-state index >= 15 is 0 Å². The van der Waals surface area contributed by atoms with Gasteiger partial charge in [-0.2, -0.15) is 0 Å². The molecule has 0 spiro atoms. The largest absolute Gasteiger partial charge is 0.314 e. The van der Waals surface area contributed by atoms with Gasteiger partial charge in [-0.15, -0.1) is 11.3 Å². The SMILES string of the molecule is CCS(=O)(=O)CCn1ccc2sccc2c1=O. The van der Waals surface area contributed by atoms with E-state index in [4.69, 9.17) is 0 Å². The van der Waals surface area contributed by atoms with Gasteiger partial charge in [0.2, 0.25) is 0 Å². The third kappa shape index (κ3) is 2.58. The van der Waals surface area contributed by atoms with Crippen molar-refractivity contribution in [3.05, 3.63) is 34.1 Å². The molecule has 2 rings (SSSR count). The van der Waals surface area contributed by atoms with E-state index in [-0.39, 0.29) is 23.6 Å². The first-order chi connectivity index (χ1) is 8.03. The molecule has 92 valence electrons. The molecule has 2 aromatic heterocycles. The van der Waals surface area contributed by atoms with E-state index < -0.39 is 9.84 Å². The minimum atomic E-state index is -3.03. The third-order valence-electron chi connectivity index (χ3n) is 2.68. The number of fused-ring (bicyclic) bond motifs is 1. The highest BCUT2D eigenvalue weighted by atomic mass is 32.2. The fraction of sp³-hybridized carbons (Fsp3) is 0.364. The lowest BCUT2D eigenvalue weighted by Gasteiger charge is -2.05. The Morgan fingerprint density at radius 2 is 2.12 bits per heavy atom. The normalized spacial score (nSPS) is 12.1. The summed E-state index contributed by atoms with van der Waals surface area (Å²) in [6, 6.07) is 3.62. The first-order valence-corrected chi connectivity index (χ1v) is 8.00. The van der Waals surface area contributed by atoms with Crippen molar-refractivity contribution in [2.75, 3.05) is 11.5 Å². The zero-order chi connectivity index (χ0) is 12.5. The number of rotatable bonds is 4. The number of hydrogen-bond acceptors (Lipinski definition) is 4. The summed E-state index contributed by atoms with van der Waals surface area (Å²) < 4.78 is 25.2. The van der Waals surface area contributed by atoms with Gasteiger partial charge in [0.25, 0.3) is 5.56 Å². The molecular weight excluding hydrogens is 258 g/mol. The maximum atomic E-state index is 12.0. The lowest BCUT2D eigenvalue weighted by Crippen LogP contribution is -2.23. The monoisotopic (exact) mass is 271 g/mol. The van der Waals surface area contributed by atoms with Crippen molar-refractivity contribution in [2.24, 2.45) is 0 Å². The highest BCUT2D eigenvalue weighted by Gasteiger charge is 2.09. The molecule has 0 aliphatic carbocycles. The Morgan fingerprint density at radius 1 is 1.35 bits per heavy atom. The predicted molar refractivity (Wildman–Crippen MR) is 70.4 cm³/mol. The highest BCUT2D eigenvalue weighted by Crippen LogP contribution is 2.16. The van der Waals surface area contributed by atoms with Gasteiger partial charge in [0.15, 0.2) is 9.84 Å². The van der Waals surface area contributed by atoms with Gasteiger partial charge in [-0.1, -0.05) is 6.92 Å². The van der Waals surface area contributed by atoms with Crippen LogP contribution in [0.25, 0.3) is 10.1 Å². The summed E-state index contributed by atoms with van der Waals surface area (Å²) in [5.74, 6) is 0.126. The highest BCUT2D eigenvalue weighted by molar-refractivity contribution is 7.91. The van der Waals surface area contributed by atoms with Gasteiger partial charge >= 0.3 is 0 Å². The molecule has 0 saturated carbocycles. The first-order valence-electron chi connectivity index (χ1n) is 5.30. The summed E-state index contributed by atoms with van der Waals surface area (Å²) in [5.41, 5.74) is -0.116. The van der Waals surface area contributed by atoms with Crippen LogP contribution in [0.2, 0.25) is 0 Å². The van der Waals surface area contributed by atoms with Crippen molar-refractivity contribution in [3.8, 4) is 0 Å². The number of hydrogen-bond donors (Lipinski definition) is 0. The lowest BCUT2D eigenvalue weighted by atomic mass is 10.3. The number of thiophene rings is 1. The van der Waals surface area contributed by atoms with Crippen LogP contribution in [-0.2, 0) is 16.4 Å². The molecule has 6 heteroatoms. The molecule has 0 N–H and O–H groups in total. The van der Waals surface area contributed by atoms with Crippen molar-refractivity contribution < 1.29 is 8.42 Å². The van der Waals surface area contributed by atoms with E-state index in [0.29, 0.717) is 5.39 Å². The summed E-state index contributed by atoms with van der Waals surface area (Å²) in [6.07, 6.45) is 1.66. The molecule has 0 unspecified atom stereocenters. The minimum Gasteiger partial charge on any atom is -0.314 e. The van der Waals surface area contributed by atoms with Gasteiger partial charge in [-0.3, -0.25) is 4.79 Å². The molecule has 17 heavy (non-hydrogen) atoms. The fourth-order valence-electron chi connectivity index (χ4n) is 1.56. The van der Waals surface area contributed by atoms with Crippen molar-refractivity contribution >= 4 is 31.3 Å². The predicted octanol–water partition coefficient (Wildman–Crippen LogP) is 1.50. The molecule has 0 atom stereocenters. The van der Waals surface area contributed by atoms with E-state index in [9.17, 15) is 13.2 Å². The number of pyridine rings is 1. The Hall–Kier alpha value is -1.14. The third-order valence-corrected chi connectivity index (χ3v) is 5.24. The second-order valence-electron chi connectivity index (χ2n) is 3.75. The summed E-state index contributed by atoms with van der Waals surface area (Å²) in [5, 5.41) is 2.52. The topological polar surface area (TPSA) is 56.1 Å². The van der Waals surface area contributed by atoms with Gasteiger partial charge in [-0.25, -0.2) is 8.42 Å². The molecule has 2 aromatic rings. The van der Waals surface area contributed by atoms with Gasteiger partial charge in [0.1, 0.15) is 0 Å². The average Bonchev–Trinajstić information content (AvgIpc) is 2.77. The second kappa shape index (κ2) is 4.62. The van der Waals surface area contributed by atoms with E-state index in [0.717, 1.165) is 4.70 Å². The molecule has 2 heterocycles. The minimum absolute atomic E-state index is 0.0129. The van der Waals surface area contributed by atoms with Gasteiger partial charge < -0.3 is 4.57 Å². The average molecular weight is 271 g/mol. The van der Waals surface area contributed by atoms with Crippen LogP contribution in [0, 0.1) is 0 Å². The van der Waals surface area contributed by atoms with Crippen LogP contribution in [0.15, 0.2) is 28.5 Å². The summed E-state index contributed by atoms with van der Waals surface area (Å²) in [4.78, 5) is 12.0. The molecule has 4 nitrogen and oxygen atoms in total. The van der Waals surface area contributed by atoms with Crippen molar-refractivity contribution in [3.63, 3.8) is 0 Å². The quantitative estimate of drug-likeness (QED) is 0.846. The molecular formula is C11H13NO3S2. The Morgan fingerprint density at radius 3 is 2.82 bits per heavy atom. The maximum absolute atomic E-state index is 12.0. The van der Waals surface area contributed by atoms with Crippen LogP contribution in [-0.4, -0.2) is 24.5 Å². The Balaban J connectivity index is 2.31. The number of nitrogens with zero attached hydrogens (tertiary/aromatic N) is 1. The molecule has 0 aromatic carbocycles. The van der Waals surface area contributed by atoms with E-state index in [2.05, 4.69) is 0 Å². The zero-order valence-corrected chi connectivity index (χ0v) is 11.1. The maximum Gasteiger partial charge on any atom is 0.259 e. The molecule has 0 aliphatic rings. The van der Waals surface area contributed by atoms with E-state index in [1.165, 1.54) is 15.9 Å². The Kier molecular flexibility index (Phi) is 3.35. The molecule has 0 bridgehead atoms. The molecule has 0 fully saturated rings. The Labute approximate surface area is 103 Å². The van der Waals surface area contributed by atoms with Crippen LogP contribution in [0.3, 0.4) is 0 Å². The lowest BCUT2D eigenvalue weighted by molar-refractivity contribution is 0.589. The number of aromatic nitrogens is 1. The fourth-order valence-corrected chi connectivity index (χ4v) is 3.10. The van der Waals surface area contributed by atoms with E-state index in [1.807, 2.05) is 11.4 Å². The van der Waals surface area contributed by atoms with Crippen LogP contribution in [0.5, 0.6) is 0 Å². The first kappa shape index (κ1) is 12.3. The summed E-state index contributed by atoms with van der Waals surface area (Å²) >= 11 is 1.51. The summed E-state index contributed by atoms with van der Waals surface area (Å²) in [6.45, 7) is 1.83. The second-order valence-corrected chi connectivity index (χ2v) is 7.17. The van der Waals surface area contributed by atoms with Gasteiger partial charge in [0, 0.05) is 23.2 Å². The van der Waals surface area contributed by atoms with E-state index in [1.54, 1.807) is 19.2 Å². The number of sulfone groups is 1. The van der Waals surface area contributed by atoms with Crippen LogP contribution < -0.4 is 5.56 Å². The molecule has 0 aliphatic heterocycles. The summed E-state index contributed by atoms with van der Waals surface area (Å²) in [7, 11) is -3.03. The standard InChI is InChI=1S/C11H13NO3S2/c1-2-17(14,15)8-6-12-5-3-10-9(11(12)13)4-7-16-10/h3-5,7H,2,6,8H2,1H3.